The van der Waals surface area contributed by atoms with E-state index in [1.165, 1.54) is 0 Å². The molecule has 1 rings (SSSR count). The molecule has 0 spiro atoms. The molecule has 0 fully saturated rings. The third-order valence-electron chi connectivity index (χ3n) is 2.64. The van der Waals surface area contributed by atoms with Crippen molar-refractivity contribution in [2.75, 3.05) is 0 Å². The van der Waals surface area contributed by atoms with Crippen LogP contribution in [0, 0.1) is 6.92 Å². The average Bonchev–Trinajstić information content (AvgIpc) is 2.30. The number of carboxylic acids is 1. The normalized spacial score (nSPS) is 12.1. The number of ether oxygens (including phenoxy) is 1. The lowest BCUT2D eigenvalue weighted by Gasteiger charge is -2.15. The van der Waals surface area contributed by atoms with E-state index >= 15 is 0 Å². The average molecular weight is 236 g/mol. The van der Waals surface area contributed by atoms with Crippen LogP contribution in [0.15, 0.2) is 24.3 Å². The van der Waals surface area contributed by atoms with Crippen molar-refractivity contribution in [3.05, 3.63) is 29.8 Å². The molecule has 0 saturated heterocycles. The smallest absolute Gasteiger partial charge is 0.344 e. The van der Waals surface area contributed by atoms with Crippen molar-refractivity contribution in [1.29, 1.82) is 0 Å². The quantitative estimate of drug-likeness (QED) is 0.738. The van der Waals surface area contributed by atoms with Crippen LogP contribution >= 0.6 is 0 Å². The molecule has 1 unspecified atom stereocenters. The van der Waals surface area contributed by atoms with Gasteiger partial charge in [-0.25, -0.2) is 4.79 Å². The van der Waals surface area contributed by atoms with Crippen LogP contribution in [-0.2, 0) is 4.79 Å². The summed E-state index contributed by atoms with van der Waals surface area (Å²) in [5.74, 6) is -0.263. The topological polar surface area (TPSA) is 46.5 Å². The van der Waals surface area contributed by atoms with Crippen LogP contribution in [0.4, 0.5) is 0 Å². The highest BCUT2D eigenvalue weighted by atomic mass is 16.5. The summed E-state index contributed by atoms with van der Waals surface area (Å²) < 4.78 is 5.48. The van der Waals surface area contributed by atoms with Crippen molar-refractivity contribution in [3.63, 3.8) is 0 Å². The van der Waals surface area contributed by atoms with E-state index in [4.69, 9.17) is 9.84 Å². The van der Waals surface area contributed by atoms with Gasteiger partial charge in [-0.15, -0.1) is 0 Å². The van der Waals surface area contributed by atoms with Crippen molar-refractivity contribution in [1.82, 2.24) is 0 Å². The van der Waals surface area contributed by atoms with E-state index in [1.807, 2.05) is 31.2 Å². The molecule has 3 heteroatoms. The SMILES string of the molecule is CCCCCC(Oc1ccc(C)cc1)C(=O)O. The fourth-order valence-corrected chi connectivity index (χ4v) is 1.59. The fourth-order valence-electron chi connectivity index (χ4n) is 1.59. The Morgan fingerprint density at radius 1 is 1.29 bits per heavy atom. The molecule has 0 heterocycles. The first-order valence-corrected chi connectivity index (χ1v) is 6.09. The van der Waals surface area contributed by atoms with E-state index in [1.54, 1.807) is 0 Å². The van der Waals surface area contributed by atoms with Gasteiger partial charge in [0.25, 0.3) is 0 Å². The summed E-state index contributed by atoms with van der Waals surface area (Å²) >= 11 is 0. The first-order chi connectivity index (χ1) is 8.13. The van der Waals surface area contributed by atoms with Gasteiger partial charge < -0.3 is 9.84 Å². The van der Waals surface area contributed by atoms with Gasteiger partial charge in [-0.2, -0.15) is 0 Å². The molecule has 0 aliphatic carbocycles. The number of carboxylic acid groups (broad SMARTS) is 1. The van der Waals surface area contributed by atoms with Crippen LogP contribution in [0.25, 0.3) is 0 Å². The Balaban J connectivity index is 2.54. The Morgan fingerprint density at radius 3 is 2.47 bits per heavy atom. The second kappa shape index (κ2) is 6.94. The Morgan fingerprint density at radius 2 is 1.94 bits per heavy atom. The van der Waals surface area contributed by atoms with Gasteiger partial charge in [0, 0.05) is 0 Å². The van der Waals surface area contributed by atoms with Gasteiger partial charge in [0.15, 0.2) is 6.10 Å². The highest BCUT2D eigenvalue weighted by Gasteiger charge is 2.18. The van der Waals surface area contributed by atoms with Crippen molar-refractivity contribution < 1.29 is 14.6 Å². The number of unbranched alkanes of at least 4 members (excludes halogenated alkanes) is 2. The Bertz CT molecular complexity index is 343. The maximum atomic E-state index is 11.0. The van der Waals surface area contributed by atoms with Crippen molar-refractivity contribution >= 4 is 5.97 Å². The maximum absolute atomic E-state index is 11.0. The molecule has 1 N–H and O–H groups in total. The zero-order valence-electron chi connectivity index (χ0n) is 10.5. The summed E-state index contributed by atoms with van der Waals surface area (Å²) in [5.41, 5.74) is 1.13. The van der Waals surface area contributed by atoms with Gasteiger partial charge in [0.05, 0.1) is 0 Å². The van der Waals surface area contributed by atoms with Gasteiger partial charge in [-0.05, 0) is 31.9 Å². The molecule has 0 aromatic heterocycles. The van der Waals surface area contributed by atoms with Crippen LogP contribution in [-0.4, -0.2) is 17.2 Å². The van der Waals surface area contributed by atoms with Gasteiger partial charge in [-0.3, -0.25) is 0 Å². The summed E-state index contributed by atoms with van der Waals surface area (Å²) in [5, 5.41) is 9.06. The lowest BCUT2D eigenvalue weighted by molar-refractivity contribution is -0.145. The summed E-state index contributed by atoms with van der Waals surface area (Å²) in [7, 11) is 0. The van der Waals surface area contributed by atoms with E-state index in [2.05, 4.69) is 6.92 Å². The monoisotopic (exact) mass is 236 g/mol. The van der Waals surface area contributed by atoms with Crippen molar-refractivity contribution in [2.45, 2.75) is 45.6 Å². The van der Waals surface area contributed by atoms with E-state index in [9.17, 15) is 4.79 Å². The molecule has 0 bridgehead atoms. The van der Waals surface area contributed by atoms with Gasteiger partial charge in [0.1, 0.15) is 5.75 Å². The Labute approximate surface area is 102 Å². The zero-order valence-corrected chi connectivity index (χ0v) is 10.5. The molecule has 17 heavy (non-hydrogen) atoms. The Kier molecular flexibility index (Phi) is 5.53. The second-order valence-corrected chi connectivity index (χ2v) is 4.25. The van der Waals surface area contributed by atoms with Crippen molar-refractivity contribution in [2.24, 2.45) is 0 Å². The standard InChI is InChI=1S/C14H20O3/c1-3-4-5-6-13(14(15)16)17-12-9-7-11(2)8-10-12/h7-10,13H,3-6H2,1-2H3,(H,15,16). The first-order valence-electron chi connectivity index (χ1n) is 6.09. The van der Waals surface area contributed by atoms with Gasteiger partial charge in [0.2, 0.25) is 0 Å². The number of benzene rings is 1. The van der Waals surface area contributed by atoms with Crippen LogP contribution in [0.5, 0.6) is 5.75 Å². The molecule has 94 valence electrons. The number of aryl methyl sites for hydroxylation is 1. The van der Waals surface area contributed by atoms with Crippen molar-refractivity contribution in [3.8, 4) is 5.75 Å². The number of carbonyl (C=O) groups is 1. The number of hydrogen-bond donors (Lipinski definition) is 1. The highest BCUT2D eigenvalue weighted by Crippen LogP contribution is 2.16. The minimum Gasteiger partial charge on any atom is -0.479 e. The lowest BCUT2D eigenvalue weighted by atomic mass is 10.1. The zero-order chi connectivity index (χ0) is 12.7. The molecule has 0 amide bonds. The van der Waals surface area contributed by atoms with E-state index in [-0.39, 0.29) is 0 Å². The van der Waals surface area contributed by atoms with E-state index in [0.29, 0.717) is 12.2 Å². The number of aliphatic carboxylic acids is 1. The number of rotatable bonds is 7. The predicted octanol–water partition coefficient (Wildman–Crippen LogP) is 3.41. The lowest BCUT2D eigenvalue weighted by Crippen LogP contribution is -2.26. The third-order valence-corrected chi connectivity index (χ3v) is 2.64. The van der Waals surface area contributed by atoms with Crippen LogP contribution in [0.3, 0.4) is 0 Å². The molecule has 1 atom stereocenters. The molecule has 3 nitrogen and oxygen atoms in total. The predicted molar refractivity (Wildman–Crippen MR) is 67.4 cm³/mol. The molecular weight excluding hydrogens is 216 g/mol. The molecule has 0 aliphatic rings. The maximum Gasteiger partial charge on any atom is 0.344 e. The highest BCUT2D eigenvalue weighted by molar-refractivity contribution is 5.72. The summed E-state index contributed by atoms with van der Waals surface area (Å²) in [6.07, 6.45) is 2.85. The minimum atomic E-state index is -0.887. The van der Waals surface area contributed by atoms with E-state index in [0.717, 1.165) is 24.8 Å². The van der Waals surface area contributed by atoms with Crippen LogP contribution in [0.1, 0.15) is 38.2 Å². The molecule has 1 aromatic carbocycles. The van der Waals surface area contributed by atoms with Gasteiger partial charge >= 0.3 is 5.97 Å². The minimum absolute atomic E-state index is 0.567. The fraction of sp³-hybridized carbons (Fsp3) is 0.500. The molecule has 0 saturated carbocycles. The second-order valence-electron chi connectivity index (χ2n) is 4.25. The molecular formula is C14H20O3. The van der Waals surface area contributed by atoms with Crippen LogP contribution in [0.2, 0.25) is 0 Å². The Hall–Kier alpha value is -1.51. The largest absolute Gasteiger partial charge is 0.479 e. The molecule has 0 aliphatic heterocycles. The molecule has 1 aromatic rings. The summed E-state index contributed by atoms with van der Waals surface area (Å²) in [6.45, 7) is 4.08. The summed E-state index contributed by atoms with van der Waals surface area (Å²) in [6, 6.07) is 7.46. The van der Waals surface area contributed by atoms with Crippen LogP contribution < -0.4 is 4.74 Å². The van der Waals surface area contributed by atoms with Gasteiger partial charge in [-0.1, -0.05) is 37.5 Å². The number of hydrogen-bond acceptors (Lipinski definition) is 2. The summed E-state index contributed by atoms with van der Waals surface area (Å²) in [4.78, 5) is 11.0. The molecule has 0 radical (unpaired) electrons. The third kappa shape index (κ3) is 4.89. The van der Waals surface area contributed by atoms with E-state index < -0.39 is 12.1 Å². The first kappa shape index (κ1) is 13.6.